The topological polar surface area (TPSA) is 17.8 Å². The summed E-state index contributed by atoms with van der Waals surface area (Å²) >= 11 is 0. The number of benzene rings is 1. The van der Waals surface area contributed by atoms with E-state index in [1.807, 2.05) is 6.92 Å². The van der Waals surface area contributed by atoms with Crippen molar-refractivity contribution in [2.75, 3.05) is 0 Å². The Labute approximate surface area is 106 Å². The lowest BCUT2D eigenvalue weighted by atomic mass is 9.92. The van der Waals surface area contributed by atoms with Gasteiger partial charge in [-0.25, -0.2) is 9.37 Å². The molecular weight excluding hydrogens is 227 g/mol. The summed E-state index contributed by atoms with van der Waals surface area (Å²) in [5, 5.41) is 0. The summed E-state index contributed by atoms with van der Waals surface area (Å²) in [6.45, 7) is 2.03. The van der Waals surface area contributed by atoms with Crippen molar-refractivity contribution in [1.82, 2.24) is 9.55 Å². The molecule has 1 aromatic carbocycles. The lowest BCUT2D eigenvalue weighted by Gasteiger charge is -2.28. The highest BCUT2D eigenvalue weighted by atomic mass is 19.1. The molecule has 94 valence electrons. The van der Waals surface area contributed by atoms with Crippen LogP contribution in [0.15, 0.2) is 12.1 Å². The molecule has 0 amide bonds. The first-order valence-electron chi connectivity index (χ1n) is 6.92. The number of fused-ring (bicyclic) bond motifs is 1. The number of rotatable bonds is 2. The van der Waals surface area contributed by atoms with Crippen molar-refractivity contribution in [3.8, 4) is 0 Å². The molecule has 0 unspecified atom stereocenters. The van der Waals surface area contributed by atoms with Crippen molar-refractivity contribution in [1.29, 1.82) is 0 Å². The zero-order valence-electron chi connectivity index (χ0n) is 10.6. The first kappa shape index (κ1) is 10.5. The van der Waals surface area contributed by atoms with E-state index in [-0.39, 0.29) is 5.82 Å². The number of hydrogen-bond donors (Lipinski definition) is 0. The number of aromatic nitrogens is 2. The fourth-order valence-corrected chi connectivity index (χ4v) is 3.07. The number of nitrogens with zero attached hydrogens (tertiary/aromatic N) is 2. The monoisotopic (exact) mass is 244 g/mol. The lowest BCUT2D eigenvalue weighted by molar-refractivity contribution is 0.315. The Hall–Kier alpha value is -1.38. The molecule has 1 aromatic heterocycles. The van der Waals surface area contributed by atoms with E-state index in [2.05, 4.69) is 15.6 Å². The molecule has 0 bridgehead atoms. The maximum atomic E-state index is 14.0. The molecule has 2 aliphatic rings. The van der Waals surface area contributed by atoms with Gasteiger partial charge in [0, 0.05) is 12.1 Å². The second-order valence-corrected chi connectivity index (χ2v) is 5.75. The van der Waals surface area contributed by atoms with E-state index < -0.39 is 0 Å². The number of hydrogen-bond acceptors (Lipinski definition) is 1. The maximum Gasteiger partial charge on any atom is 0.128 e. The van der Waals surface area contributed by atoms with Crippen LogP contribution in [0.1, 0.15) is 55.5 Å². The van der Waals surface area contributed by atoms with E-state index in [1.165, 1.54) is 19.3 Å². The van der Waals surface area contributed by atoms with Crippen LogP contribution in [0.25, 0.3) is 11.0 Å². The van der Waals surface area contributed by atoms with Gasteiger partial charge in [-0.1, -0.05) is 0 Å². The molecule has 2 aromatic rings. The maximum absolute atomic E-state index is 14.0. The van der Waals surface area contributed by atoms with Crippen molar-refractivity contribution in [2.45, 2.75) is 51.0 Å². The molecule has 3 heteroatoms. The molecule has 1 heterocycles. The molecule has 2 nitrogen and oxygen atoms in total. The van der Waals surface area contributed by atoms with E-state index in [1.54, 1.807) is 6.07 Å². The predicted octanol–water partition coefficient (Wildman–Crippen LogP) is 4.09. The molecule has 2 aliphatic carbocycles. The van der Waals surface area contributed by atoms with Crippen LogP contribution in [0.3, 0.4) is 0 Å². The van der Waals surface area contributed by atoms with Crippen molar-refractivity contribution >= 4 is 11.0 Å². The van der Waals surface area contributed by atoms with Gasteiger partial charge in [-0.2, -0.15) is 0 Å². The smallest absolute Gasteiger partial charge is 0.128 e. The second kappa shape index (κ2) is 3.56. The molecule has 0 aliphatic heterocycles. The molecule has 2 fully saturated rings. The summed E-state index contributed by atoms with van der Waals surface area (Å²) in [6, 6.07) is 4.28. The van der Waals surface area contributed by atoms with Crippen LogP contribution >= 0.6 is 0 Å². The molecule has 0 radical (unpaired) electrons. The van der Waals surface area contributed by atoms with Gasteiger partial charge in [-0.3, -0.25) is 0 Å². The second-order valence-electron chi connectivity index (χ2n) is 5.75. The van der Waals surface area contributed by atoms with E-state index in [0.717, 1.165) is 35.3 Å². The molecule has 0 spiro atoms. The Morgan fingerprint density at radius 1 is 1.22 bits per heavy atom. The fourth-order valence-electron chi connectivity index (χ4n) is 3.07. The van der Waals surface area contributed by atoms with Gasteiger partial charge < -0.3 is 4.57 Å². The van der Waals surface area contributed by atoms with Gasteiger partial charge in [0.2, 0.25) is 0 Å². The van der Waals surface area contributed by atoms with E-state index in [0.29, 0.717) is 12.0 Å². The summed E-state index contributed by atoms with van der Waals surface area (Å²) in [6.07, 6.45) is 6.06. The third kappa shape index (κ3) is 1.43. The molecule has 0 saturated heterocycles. The van der Waals surface area contributed by atoms with Crippen molar-refractivity contribution in [3.05, 3.63) is 29.3 Å². The van der Waals surface area contributed by atoms with E-state index in [4.69, 9.17) is 0 Å². The largest absolute Gasteiger partial charge is 0.325 e. The SMILES string of the molecule is Cc1nc2cc(F)c(C3CC3)cc2n1C1CCC1. The van der Waals surface area contributed by atoms with Crippen LogP contribution in [0.2, 0.25) is 0 Å². The van der Waals surface area contributed by atoms with E-state index >= 15 is 0 Å². The standard InChI is InChI=1S/C15H17FN2/c1-9-17-14-8-13(16)12(10-5-6-10)7-15(14)18(9)11-3-2-4-11/h7-8,10-11H,2-6H2,1H3. The van der Waals surface area contributed by atoms with Gasteiger partial charge in [-0.05, 0) is 56.6 Å². The summed E-state index contributed by atoms with van der Waals surface area (Å²) in [5.74, 6) is 1.42. The zero-order chi connectivity index (χ0) is 12.3. The molecule has 18 heavy (non-hydrogen) atoms. The van der Waals surface area contributed by atoms with Gasteiger partial charge in [-0.15, -0.1) is 0 Å². The van der Waals surface area contributed by atoms with E-state index in [9.17, 15) is 4.39 Å². The minimum Gasteiger partial charge on any atom is -0.325 e. The molecular formula is C15H17FN2. The van der Waals surface area contributed by atoms with Crippen LogP contribution < -0.4 is 0 Å². The van der Waals surface area contributed by atoms with Crippen molar-refractivity contribution in [2.24, 2.45) is 0 Å². The van der Waals surface area contributed by atoms with Gasteiger partial charge in [0.05, 0.1) is 11.0 Å². The lowest BCUT2D eigenvalue weighted by Crippen LogP contribution is -2.18. The highest BCUT2D eigenvalue weighted by Crippen LogP contribution is 2.43. The number of halogens is 1. The number of aryl methyl sites for hydroxylation is 1. The quantitative estimate of drug-likeness (QED) is 0.778. The minimum absolute atomic E-state index is 0.0664. The van der Waals surface area contributed by atoms with Gasteiger partial charge >= 0.3 is 0 Å². The van der Waals surface area contributed by atoms with Crippen molar-refractivity contribution < 1.29 is 4.39 Å². The molecule has 0 N–H and O–H groups in total. The summed E-state index contributed by atoms with van der Waals surface area (Å²) in [5.41, 5.74) is 2.87. The van der Waals surface area contributed by atoms with Crippen LogP contribution in [0.5, 0.6) is 0 Å². The average molecular weight is 244 g/mol. The Bertz CT molecular complexity index is 621. The predicted molar refractivity (Wildman–Crippen MR) is 69.3 cm³/mol. The van der Waals surface area contributed by atoms with Crippen LogP contribution in [0, 0.1) is 12.7 Å². The molecule has 2 saturated carbocycles. The molecule has 0 atom stereocenters. The Kier molecular flexibility index (Phi) is 2.08. The Morgan fingerprint density at radius 2 is 2.00 bits per heavy atom. The average Bonchev–Trinajstić information content (AvgIpc) is 3.04. The molecule has 4 rings (SSSR count). The first-order chi connectivity index (χ1) is 8.74. The third-order valence-corrected chi connectivity index (χ3v) is 4.44. The van der Waals surface area contributed by atoms with Crippen LogP contribution in [0.4, 0.5) is 4.39 Å². The number of imidazole rings is 1. The Morgan fingerprint density at radius 3 is 2.61 bits per heavy atom. The van der Waals surface area contributed by atoms with Gasteiger partial charge in [0.15, 0.2) is 0 Å². The fraction of sp³-hybridized carbons (Fsp3) is 0.533. The zero-order valence-corrected chi connectivity index (χ0v) is 10.6. The Balaban J connectivity index is 1.93. The first-order valence-corrected chi connectivity index (χ1v) is 6.92. The highest BCUT2D eigenvalue weighted by Gasteiger charge is 2.29. The third-order valence-electron chi connectivity index (χ3n) is 4.44. The normalized spacial score (nSPS) is 20.3. The minimum atomic E-state index is -0.0664. The van der Waals surface area contributed by atoms with Gasteiger partial charge in [0.25, 0.3) is 0 Å². The summed E-state index contributed by atoms with van der Waals surface area (Å²) < 4.78 is 16.3. The van der Waals surface area contributed by atoms with Crippen LogP contribution in [-0.2, 0) is 0 Å². The van der Waals surface area contributed by atoms with Gasteiger partial charge in [0.1, 0.15) is 11.6 Å². The summed E-state index contributed by atoms with van der Waals surface area (Å²) in [7, 11) is 0. The van der Waals surface area contributed by atoms with Crippen LogP contribution in [-0.4, -0.2) is 9.55 Å². The highest BCUT2D eigenvalue weighted by molar-refractivity contribution is 5.77. The van der Waals surface area contributed by atoms with Crippen molar-refractivity contribution in [3.63, 3.8) is 0 Å². The summed E-state index contributed by atoms with van der Waals surface area (Å²) in [4.78, 5) is 4.52.